The number of imide groups is 1. The number of aliphatic imine (C=N–C) groups is 1. The lowest BCUT2D eigenvalue weighted by atomic mass is 9.93. The average Bonchev–Trinajstić information content (AvgIpc) is 2.25. The number of urea groups is 1. The fourth-order valence-electron chi connectivity index (χ4n) is 1.74. The SMILES string of the molecule is CC1=NC(=O)NC(=O)C1Cc1ccccc1. The van der Waals surface area contributed by atoms with Crippen LogP contribution >= 0.6 is 0 Å². The molecule has 0 saturated carbocycles. The summed E-state index contributed by atoms with van der Waals surface area (Å²) in [6.45, 7) is 1.71. The Bertz CT molecular complexity index is 451. The van der Waals surface area contributed by atoms with E-state index in [0.29, 0.717) is 12.1 Å². The topological polar surface area (TPSA) is 58.5 Å². The van der Waals surface area contributed by atoms with Crippen molar-refractivity contribution in [1.29, 1.82) is 0 Å². The van der Waals surface area contributed by atoms with Gasteiger partial charge in [-0.2, -0.15) is 0 Å². The Kier molecular flexibility index (Phi) is 2.81. The van der Waals surface area contributed by atoms with Gasteiger partial charge in [-0.15, -0.1) is 0 Å². The maximum absolute atomic E-state index is 11.6. The number of rotatable bonds is 2. The van der Waals surface area contributed by atoms with Crippen molar-refractivity contribution in [1.82, 2.24) is 5.32 Å². The summed E-state index contributed by atoms with van der Waals surface area (Å²) in [7, 11) is 0. The number of hydrogen-bond acceptors (Lipinski definition) is 2. The molecule has 16 heavy (non-hydrogen) atoms. The monoisotopic (exact) mass is 216 g/mol. The largest absolute Gasteiger partial charge is 0.347 e. The first kappa shape index (κ1) is 10.5. The van der Waals surface area contributed by atoms with E-state index in [-0.39, 0.29) is 11.8 Å². The highest BCUT2D eigenvalue weighted by molar-refractivity contribution is 6.15. The Balaban J connectivity index is 2.19. The molecule has 0 saturated heterocycles. The summed E-state index contributed by atoms with van der Waals surface area (Å²) in [4.78, 5) is 26.3. The minimum absolute atomic E-state index is 0.263. The van der Waals surface area contributed by atoms with Crippen molar-refractivity contribution in [3.8, 4) is 0 Å². The zero-order chi connectivity index (χ0) is 11.5. The summed E-state index contributed by atoms with van der Waals surface area (Å²) in [6, 6.07) is 9.12. The Morgan fingerprint density at radius 2 is 1.94 bits per heavy atom. The molecule has 1 unspecified atom stereocenters. The van der Waals surface area contributed by atoms with Gasteiger partial charge in [0.1, 0.15) is 0 Å². The van der Waals surface area contributed by atoms with E-state index in [1.165, 1.54) is 0 Å². The summed E-state index contributed by atoms with van der Waals surface area (Å²) in [5.41, 5.74) is 1.64. The van der Waals surface area contributed by atoms with Crippen LogP contribution in [0.5, 0.6) is 0 Å². The molecule has 1 aromatic rings. The van der Waals surface area contributed by atoms with E-state index in [4.69, 9.17) is 0 Å². The molecule has 2 rings (SSSR count). The highest BCUT2D eigenvalue weighted by Gasteiger charge is 2.28. The zero-order valence-electron chi connectivity index (χ0n) is 8.93. The standard InChI is InChI=1S/C12H12N2O2/c1-8-10(11(15)14-12(16)13-8)7-9-5-3-2-4-6-9/h2-6,10H,7H2,1H3,(H,14,15,16). The maximum Gasteiger partial charge on any atom is 0.347 e. The van der Waals surface area contributed by atoms with Gasteiger partial charge in [-0.3, -0.25) is 10.1 Å². The van der Waals surface area contributed by atoms with Crippen LogP contribution < -0.4 is 5.32 Å². The van der Waals surface area contributed by atoms with Gasteiger partial charge in [-0.1, -0.05) is 30.3 Å². The molecule has 1 heterocycles. The number of amides is 3. The minimum atomic E-state index is -0.563. The van der Waals surface area contributed by atoms with Crippen molar-refractivity contribution >= 4 is 17.6 Å². The number of benzene rings is 1. The Morgan fingerprint density at radius 1 is 1.25 bits per heavy atom. The lowest BCUT2D eigenvalue weighted by Crippen LogP contribution is -2.43. The van der Waals surface area contributed by atoms with E-state index in [1.807, 2.05) is 30.3 Å². The fourth-order valence-corrected chi connectivity index (χ4v) is 1.74. The molecule has 0 radical (unpaired) electrons. The first-order valence-electron chi connectivity index (χ1n) is 5.11. The van der Waals surface area contributed by atoms with E-state index in [2.05, 4.69) is 10.3 Å². The molecular formula is C12H12N2O2. The number of nitrogens with zero attached hydrogens (tertiary/aromatic N) is 1. The van der Waals surface area contributed by atoms with Crippen LogP contribution in [0.3, 0.4) is 0 Å². The average molecular weight is 216 g/mol. The lowest BCUT2D eigenvalue weighted by molar-refractivity contribution is -0.122. The summed E-state index contributed by atoms with van der Waals surface area (Å²) in [6.07, 6.45) is 0.579. The molecule has 4 heteroatoms. The lowest BCUT2D eigenvalue weighted by Gasteiger charge is -2.19. The van der Waals surface area contributed by atoms with Crippen LogP contribution in [0.25, 0.3) is 0 Å². The molecule has 0 spiro atoms. The molecule has 1 aliphatic rings. The third-order valence-electron chi connectivity index (χ3n) is 2.61. The molecule has 0 aromatic heterocycles. The third kappa shape index (κ3) is 2.16. The summed E-state index contributed by atoms with van der Waals surface area (Å²) < 4.78 is 0. The zero-order valence-corrected chi connectivity index (χ0v) is 8.93. The number of hydrogen-bond donors (Lipinski definition) is 1. The van der Waals surface area contributed by atoms with Crippen LogP contribution in [0.2, 0.25) is 0 Å². The molecule has 1 atom stereocenters. The third-order valence-corrected chi connectivity index (χ3v) is 2.61. The van der Waals surface area contributed by atoms with Crippen molar-refractivity contribution in [3.05, 3.63) is 35.9 Å². The Labute approximate surface area is 93.4 Å². The molecule has 3 amide bonds. The van der Waals surface area contributed by atoms with Crippen LogP contribution in [0, 0.1) is 5.92 Å². The van der Waals surface area contributed by atoms with Crippen LogP contribution in [0.4, 0.5) is 4.79 Å². The van der Waals surface area contributed by atoms with Crippen molar-refractivity contribution in [2.75, 3.05) is 0 Å². The van der Waals surface area contributed by atoms with Crippen molar-refractivity contribution < 1.29 is 9.59 Å². The first-order valence-corrected chi connectivity index (χ1v) is 5.11. The number of carbonyl (C=O) groups is 2. The van der Waals surface area contributed by atoms with E-state index < -0.39 is 6.03 Å². The van der Waals surface area contributed by atoms with Crippen LogP contribution in [-0.4, -0.2) is 17.6 Å². The van der Waals surface area contributed by atoms with Crippen molar-refractivity contribution in [2.45, 2.75) is 13.3 Å². The predicted molar refractivity (Wildman–Crippen MR) is 60.3 cm³/mol. The molecular weight excluding hydrogens is 204 g/mol. The Morgan fingerprint density at radius 3 is 2.56 bits per heavy atom. The summed E-state index contributed by atoms with van der Waals surface area (Å²) >= 11 is 0. The van der Waals surface area contributed by atoms with Gasteiger partial charge < -0.3 is 0 Å². The molecule has 1 aliphatic heterocycles. The molecule has 0 bridgehead atoms. The van der Waals surface area contributed by atoms with E-state index in [9.17, 15) is 9.59 Å². The van der Waals surface area contributed by atoms with E-state index in [0.717, 1.165) is 5.56 Å². The van der Waals surface area contributed by atoms with Gasteiger partial charge in [-0.05, 0) is 18.9 Å². The van der Waals surface area contributed by atoms with Crippen LogP contribution in [-0.2, 0) is 11.2 Å². The van der Waals surface area contributed by atoms with Crippen molar-refractivity contribution in [3.63, 3.8) is 0 Å². The summed E-state index contributed by atoms with van der Waals surface area (Å²) in [5.74, 6) is -0.596. The Hall–Kier alpha value is -1.97. The van der Waals surface area contributed by atoms with Gasteiger partial charge in [0.25, 0.3) is 0 Å². The second-order valence-corrected chi connectivity index (χ2v) is 3.79. The van der Waals surface area contributed by atoms with Gasteiger partial charge in [0, 0.05) is 5.71 Å². The van der Waals surface area contributed by atoms with Crippen molar-refractivity contribution in [2.24, 2.45) is 10.9 Å². The predicted octanol–water partition coefficient (Wildman–Crippen LogP) is 1.56. The molecule has 0 fully saturated rings. The second-order valence-electron chi connectivity index (χ2n) is 3.79. The number of nitrogens with one attached hydrogen (secondary N) is 1. The number of carbonyl (C=O) groups excluding carboxylic acids is 2. The first-order chi connectivity index (χ1) is 7.66. The van der Waals surface area contributed by atoms with E-state index in [1.54, 1.807) is 6.92 Å². The molecule has 0 aliphatic carbocycles. The molecule has 1 aromatic carbocycles. The fraction of sp³-hybridized carbons (Fsp3) is 0.250. The van der Waals surface area contributed by atoms with E-state index >= 15 is 0 Å². The van der Waals surface area contributed by atoms with Gasteiger partial charge in [0.15, 0.2) is 0 Å². The van der Waals surface area contributed by atoms with Gasteiger partial charge in [-0.25, -0.2) is 9.79 Å². The van der Waals surface area contributed by atoms with Gasteiger partial charge >= 0.3 is 6.03 Å². The normalized spacial score (nSPS) is 20.3. The van der Waals surface area contributed by atoms with Crippen LogP contribution in [0.1, 0.15) is 12.5 Å². The minimum Gasteiger partial charge on any atom is -0.276 e. The quantitative estimate of drug-likeness (QED) is 0.815. The van der Waals surface area contributed by atoms with Crippen LogP contribution in [0.15, 0.2) is 35.3 Å². The smallest absolute Gasteiger partial charge is 0.276 e. The molecule has 82 valence electrons. The highest BCUT2D eigenvalue weighted by Crippen LogP contribution is 2.13. The maximum atomic E-state index is 11.6. The molecule has 4 nitrogen and oxygen atoms in total. The molecule has 1 N–H and O–H groups in total. The highest BCUT2D eigenvalue weighted by atomic mass is 16.2. The summed E-state index contributed by atoms with van der Waals surface area (Å²) in [5, 5.41) is 2.21. The second kappa shape index (κ2) is 4.26. The van der Waals surface area contributed by atoms with Gasteiger partial charge in [0.2, 0.25) is 5.91 Å². The van der Waals surface area contributed by atoms with Gasteiger partial charge in [0.05, 0.1) is 5.92 Å².